The molecule has 0 N–H and O–H groups in total. The van der Waals surface area contributed by atoms with Gasteiger partial charge in [-0.3, -0.25) is 9.48 Å². The Labute approximate surface area is 226 Å². The fourth-order valence-corrected chi connectivity index (χ4v) is 6.35. The highest BCUT2D eigenvalue weighted by molar-refractivity contribution is 9.10. The summed E-state index contributed by atoms with van der Waals surface area (Å²) < 4.78 is 41.4. The molecular weight excluding hydrogens is 560 g/mol. The van der Waals surface area contributed by atoms with E-state index < -0.39 is 16.1 Å². The molecule has 2 heterocycles. The number of carbonyl (C=O) groups is 1. The van der Waals surface area contributed by atoms with Gasteiger partial charge in [-0.2, -0.15) is 9.40 Å². The second-order valence-corrected chi connectivity index (χ2v) is 12.1. The number of aromatic nitrogens is 3. The Morgan fingerprint density at radius 3 is 2.62 bits per heavy atom. The second kappa shape index (κ2) is 11.3. The summed E-state index contributed by atoms with van der Waals surface area (Å²) in [5.41, 5.74) is 2.86. The lowest BCUT2D eigenvalue weighted by Gasteiger charge is -2.30. The average Bonchev–Trinajstić information content (AvgIpc) is 3.28. The van der Waals surface area contributed by atoms with E-state index in [0.717, 1.165) is 24.1 Å². The van der Waals surface area contributed by atoms with Gasteiger partial charge in [0.2, 0.25) is 15.9 Å². The van der Waals surface area contributed by atoms with Crippen molar-refractivity contribution in [3.8, 4) is 11.6 Å². The lowest BCUT2D eigenvalue weighted by molar-refractivity contribution is -0.144. The summed E-state index contributed by atoms with van der Waals surface area (Å²) in [4.78, 5) is 16.3. The van der Waals surface area contributed by atoms with Crippen molar-refractivity contribution >= 4 is 31.9 Å². The average molecular weight is 592 g/mol. The summed E-state index contributed by atoms with van der Waals surface area (Å²) in [5.74, 6) is 0.928. The Morgan fingerprint density at radius 2 is 1.97 bits per heavy atom. The third-order valence-electron chi connectivity index (χ3n) is 6.47. The van der Waals surface area contributed by atoms with Crippen molar-refractivity contribution in [3.63, 3.8) is 0 Å². The molecule has 3 aromatic rings. The summed E-state index contributed by atoms with van der Waals surface area (Å²) in [6.45, 7) is 6.29. The Kier molecular flexibility index (Phi) is 8.35. The fraction of sp³-hybridized carbons (Fsp3) is 0.423. The van der Waals surface area contributed by atoms with Gasteiger partial charge in [-0.05, 0) is 71.8 Å². The van der Waals surface area contributed by atoms with Crippen molar-refractivity contribution in [2.45, 2.75) is 63.4 Å². The van der Waals surface area contributed by atoms with Crippen LogP contribution in [0.25, 0.3) is 0 Å². The lowest BCUT2D eigenvalue weighted by Crippen LogP contribution is -2.33. The molecule has 1 aliphatic rings. The first-order valence-electron chi connectivity index (χ1n) is 12.2. The van der Waals surface area contributed by atoms with Crippen LogP contribution in [-0.4, -0.2) is 47.1 Å². The van der Waals surface area contributed by atoms with Crippen LogP contribution < -0.4 is 4.74 Å². The molecule has 0 spiro atoms. The Morgan fingerprint density at radius 1 is 1.24 bits per heavy atom. The number of carbonyl (C=O) groups excluding carboxylic acids is 1. The van der Waals surface area contributed by atoms with Crippen LogP contribution in [0.4, 0.5) is 0 Å². The number of hydrogen-bond acceptors (Lipinski definition) is 7. The molecule has 0 aliphatic heterocycles. The summed E-state index contributed by atoms with van der Waals surface area (Å²) in [6, 6.07) is 8.82. The standard InChI is InChI=1S/C26H31BrN4O5S/c1-5-35-25(32)16-31-24-8-6-7-23(21(24)15-29-31)30(4)37(33,34)20-13-22(27)26(28-14-20)36-19-11-9-18(10-12-19)17(2)3/h9-15,17,23H,5-8,16H2,1-4H3/t23-/m1/s1. The largest absolute Gasteiger partial charge is 0.465 e. The smallest absolute Gasteiger partial charge is 0.327 e. The number of hydrogen-bond donors (Lipinski definition) is 0. The molecule has 37 heavy (non-hydrogen) atoms. The van der Waals surface area contributed by atoms with Crippen LogP contribution in [-0.2, 0) is 32.5 Å². The molecule has 0 unspecified atom stereocenters. The Bertz CT molecular complexity index is 1370. The summed E-state index contributed by atoms with van der Waals surface area (Å²) >= 11 is 3.42. The van der Waals surface area contributed by atoms with Crippen LogP contribution in [0.2, 0.25) is 0 Å². The van der Waals surface area contributed by atoms with Crippen molar-refractivity contribution in [3.05, 3.63) is 64.0 Å². The van der Waals surface area contributed by atoms with Crippen molar-refractivity contribution < 1.29 is 22.7 Å². The number of fused-ring (bicyclic) bond motifs is 1. The van der Waals surface area contributed by atoms with Crippen LogP contribution in [0.5, 0.6) is 11.6 Å². The molecule has 11 heteroatoms. The maximum Gasteiger partial charge on any atom is 0.327 e. The summed E-state index contributed by atoms with van der Waals surface area (Å²) in [5, 5.41) is 4.35. The highest BCUT2D eigenvalue weighted by Crippen LogP contribution is 2.37. The Balaban J connectivity index is 1.53. The highest BCUT2D eigenvalue weighted by Gasteiger charge is 2.35. The number of rotatable bonds is 9. The summed E-state index contributed by atoms with van der Waals surface area (Å²) in [7, 11) is -2.31. The first-order valence-corrected chi connectivity index (χ1v) is 14.5. The van der Waals surface area contributed by atoms with E-state index in [1.165, 1.54) is 22.1 Å². The monoisotopic (exact) mass is 590 g/mol. The van der Waals surface area contributed by atoms with E-state index >= 15 is 0 Å². The molecule has 4 rings (SSSR count). The van der Waals surface area contributed by atoms with Crippen LogP contribution in [0.3, 0.4) is 0 Å². The molecule has 2 aromatic heterocycles. The van der Waals surface area contributed by atoms with Crippen molar-refractivity contribution in [2.24, 2.45) is 0 Å². The molecule has 0 bridgehead atoms. The molecule has 1 atom stereocenters. The second-order valence-electron chi connectivity index (χ2n) is 9.22. The SMILES string of the molecule is CCOC(=O)Cn1ncc2c1CCC[C@H]2N(C)S(=O)(=O)c1cnc(Oc2ccc(C(C)C)cc2)c(Br)c1. The number of ether oxygens (including phenoxy) is 2. The maximum absolute atomic E-state index is 13.6. The normalized spacial score (nSPS) is 15.6. The molecule has 0 saturated carbocycles. The fourth-order valence-electron chi connectivity index (χ4n) is 4.43. The number of esters is 1. The molecule has 0 radical (unpaired) electrons. The number of sulfonamides is 1. The molecule has 0 fully saturated rings. The minimum atomic E-state index is -3.87. The molecule has 0 saturated heterocycles. The van der Waals surface area contributed by atoms with Gasteiger partial charge in [0.1, 0.15) is 17.2 Å². The van der Waals surface area contributed by atoms with Gasteiger partial charge in [-0.25, -0.2) is 13.4 Å². The molecular formula is C26H31BrN4O5S. The lowest BCUT2D eigenvalue weighted by atomic mass is 9.93. The number of pyridine rings is 1. The van der Waals surface area contributed by atoms with Crippen LogP contribution in [0, 0.1) is 0 Å². The topological polar surface area (TPSA) is 104 Å². The van der Waals surface area contributed by atoms with Gasteiger partial charge in [0.25, 0.3) is 0 Å². The van der Waals surface area contributed by atoms with Crippen LogP contribution >= 0.6 is 15.9 Å². The number of nitrogens with zero attached hydrogens (tertiary/aromatic N) is 4. The van der Waals surface area contributed by atoms with E-state index in [4.69, 9.17) is 9.47 Å². The highest BCUT2D eigenvalue weighted by atomic mass is 79.9. The summed E-state index contributed by atoms with van der Waals surface area (Å²) in [6.07, 6.45) is 5.10. The molecule has 0 amide bonds. The zero-order valence-electron chi connectivity index (χ0n) is 21.3. The van der Waals surface area contributed by atoms with Crippen molar-refractivity contribution in [1.29, 1.82) is 0 Å². The van der Waals surface area contributed by atoms with Crippen molar-refractivity contribution in [1.82, 2.24) is 19.1 Å². The van der Waals surface area contributed by atoms with Gasteiger partial charge in [-0.1, -0.05) is 26.0 Å². The van der Waals surface area contributed by atoms with E-state index in [1.54, 1.807) is 24.9 Å². The van der Waals surface area contributed by atoms with Crippen molar-refractivity contribution in [2.75, 3.05) is 13.7 Å². The van der Waals surface area contributed by atoms with Gasteiger partial charge in [0, 0.05) is 18.3 Å². The maximum atomic E-state index is 13.6. The zero-order valence-corrected chi connectivity index (χ0v) is 23.8. The van der Waals surface area contributed by atoms with Gasteiger partial charge in [0.05, 0.1) is 29.5 Å². The first-order chi connectivity index (χ1) is 17.6. The van der Waals surface area contributed by atoms with Gasteiger partial charge < -0.3 is 9.47 Å². The van der Waals surface area contributed by atoms with E-state index in [0.29, 0.717) is 29.2 Å². The first kappa shape index (κ1) is 27.3. The molecule has 1 aromatic carbocycles. The number of halogens is 1. The van der Waals surface area contributed by atoms with Crippen LogP contribution in [0.15, 0.2) is 52.1 Å². The van der Waals surface area contributed by atoms with Gasteiger partial charge in [0.15, 0.2) is 0 Å². The zero-order chi connectivity index (χ0) is 26.7. The molecule has 1 aliphatic carbocycles. The predicted octanol–water partition coefficient (Wildman–Crippen LogP) is 5.22. The quantitative estimate of drug-likeness (QED) is 0.315. The van der Waals surface area contributed by atoms with E-state index in [9.17, 15) is 13.2 Å². The number of benzene rings is 1. The third kappa shape index (κ3) is 5.89. The van der Waals surface area contributed by atoms with E-state index in [-0.39, 0.29) is 23.3 Å². The molecule has 198 valence electrons. The minimum Gasteiger partial charge on any atom is -0.465 e. The van der Waals surface area contributed by atoms with Crippen LogP contribution in [0.1, 0.15) is 62.4 Å². The Hall–Kier alpha value is -2.76. The molecule has 9 nitrogen and oxygen atoms in total. The third-order valence-corrected chi connectivity index (χ3v) is 8.87. The van der Waals surface area contributed by atoms with Gasteiger partial charge in [-0.15, -0.1) is 0 Å². The van der Waals surface area contributed by atoms with E-state index in [2.05, 4.69) is 39.9 Å². The minimum absolute atomic E-state index is 0.00484. The van der Waals surface area contributed by atoms with E-state index in [1.807, 2.05) is 24.3 Å². The predicted molar refractivity (Wildman–Crippen MR) is 142 cm³/mol. The van der Waals surface area contributed by atoms with Gasteiger partial charge >= 0.3 is 5.97 Å².